The van der Waals surface area contributed by atoms with Gasteiger partial charge in [0.05, 0.1) is 18.7 Å². The number of hydrogen-bond donors (Lipinski definition) is 0. The van der Waals surface area contributed by atoms with E-state index >= 15 is 0 Å². The molecule has 0 saturated heterocycles. The monoisotopic (exact) mass is 267 g/mol. The van der Waals surface area contributed by atoms with E-state index in [1.807, 2.05) is 19.9 Å². The summed E-state index contributed by atoms with van der Waals surface area (Å²) in [7, 11) is 1.67. The second-order valence-electron chi connectivity index (χ2n) is 4.46. The number of nitrogens with zero attached hydrogens (tertiary/aromatic N) is 3. The van der Waals surface area contributed by atoms with Gasteiger partial charge < -0.3 is 9.64 Å². The molecule has 1 aromatic heterocycles. The minimum absolute atomic E-state index is 0.0736. The van der Waals surface area contributed by atoms with Gasteiger partial charge in [-0.05, 0) is 26.8 Å². The first-order valence-corrected chi connectivity index (χ1v) is 6.34. The highest BCUT2D eigenvalue weighted by molar-refractivity contribution is 5.76. The molecule has 0 atom stereocenters. The molecule has 0 N–H and O–H groups in total. The van der Waals surface area contributed by atoms with Crippen molar-refractivity contribution in [2.24, 2.45) is 0 Å². The lowest BCUT2D eigenvalue weighted by atomic mass is 10.3. The number of ether oxygens (including phenoxy) is 1. The van der Waals surface area contributed by atoms with E-state index in [-0.39, 0.29) is 24.8 Å². The first-order chi connectivity index (χ1) is 8.93. The Bertz CT molecular complexity index is 454. The van der Waals surface area contributed by atoms with Crippen LogP contribution in [0.4, 0.5) is 0 Å². The van der Waals surface area contributed by atoms with Crippen LogP contribution in [-0.2, 0) is 20.9 Å². The summed E-state index contributed by atoms with van der Waals surface area (Å²) in [5.41, 5.74) is 1.84. The molecule has 0 saturated carbocycles. The van der Waals surface area contributed by atoms with Crippen molar-refractivity contribution < 1.29 is 14.3 Å². The molecule has 0 aliphatic carbocycles. The molecule has 6 heteroatoms. The summed E-state index contributed by atoms with van der Waals surface area (Å²) in [6.07, 6.45) is 0.215. The van der Waals surface area contributed by atoms with E-state index in [1.54, 1.807) is 18.7 Å². The Morgan fingerprint density at radius 3 is 2.63 bits per heavy atom. The number of hydrogen-bond acceptors (Lipinski definition) is 4. The molecular weight excluding hydrogens is 246 g/mol. The van der Waals surface area contributed by atoms with Crippen LogP contribution >= 0.6 is 0 Å². The average molecular weight is 267 g/mol. The van der Waals surface area contributed by atoms with Crippen molar-refractivity contribution in [1.82, 2.24) is 14.7 Å². The molecule has 1 aromatic rings. The van der Waals surface area contributed by atoms with E-state index in [0.29, 0.717) is 13.2 Å². The molecule has 0 radical (unpaired) electrons. The van der Waals surface area contributed by atoms with E-state index in [1.165, 1.54) is 4.90 Å². The Kier molecular flexibility index (Phi) is 5.54. The number of amides is 1. The molecule has 19 heavy (non-hydrogen) atoms. The van der Waals surface area contributed by atoms with Crippen LogP contribution in [0, 0.1) is 13.8 Å². The molecule has 6 nitrogen and oxygen atoms in total. The highest BCUT2D eigenvalue weighted by Gasteiger charge is 2.13. The van der Waals surface area contributed by atoms with Crippen molar-refractivity contribution in [1.29, 1.82) is 0 Å². The molecule has 1 amide bonds. The molecule has 0 bridgehead atoms. The Labute approximate surface area is 113 Å². The zero-order valence-corrected chi connectivity index (χ0v) is 12.0. The van der Waals surface area contributed by atoms with Crippen LogP contribution in [0.2, 0.25) is 0 Å². The van der Waals surface area contributed by atoms with Gasteiger partial charge in [0.1, 0.15) is 6.54 Å². The van der Waals surface area contributed by atoms with Crippen LogP contribution in [0.25, 0.3) is 0 Å². The van der Waals surface area contributed by atoms with Crippen molar-refractivity contribution in [2.75, 3.05) is 20.2 Å². The molecule has 0 aliphatic rings. The minimum atomic E-state index is -0.284. The quantitative estimate of drug-likeness (QED) is 0.719. The number of carbonyl (C=O) groups is 2. The SMILES string of the molecule is CCOC(=O)CCN(C)C(=O)Cn1nc(C)cc1C. The summed E-state index contributed by atoms with van der Waals surface area (Å²) in [4.78, 5) is 24.7. The Hall–Kier alpha value is -1.85. The van der Waals surface area contributed by atoms with Crippen molar-refractivity contribution in [3.8, 4) is 0 Å². The summed E-state index contributed by atoms with van der Waals surface area (Å²) < 4.78 is 6.48. The minimum Gasteiger partial charge on any atom is -0.466 e. The van der Waals surface area contributed by atoms with E-state index < -0.39 is 0 Å². The fourth-order valence-electron chi connectivity index (χ4n) is 1.70. The maximum Gasteiger partial charge on any atom is 0.307 e. The van der Waals surface area contributed by atoms with E-state index in [2.05, 4.69) is 5.10 Å². The van der Waals surface area contributed by atoms with Gasteiger partial charge in [-0.25, -0.2) is 0 Å². The van der Waals surface area contributed by atoms with Crippen LogP contribution in [-0.4, -0.2) is 46.8 Å². The van der Waals surface area contributed by atoms with Gasteiger partial charge >= 0.3 is 5.97 Å². The van der Waals surface area contributed by atoms with E-state index in [0.717, 1.165) is 11.4 Å². The molecule has 106 valence electrons. The van der Waals surface area contributed by atoms with E-state index in [4.69, 9.17) is 4.74 Å². The summed E-state index contributed by atoms with van der Waals surface area (Å²) >= 11 is 0. The number of aromatic nitrogens is 2. The van der Waals surface area contributed by atoms with Gasteiger partial charge in [-0.1, -0.05) is 0 Å². The molecular formula is C13H21N3O3. The summed E-state index contributed by atoms with van der Waals surface area (Å²) in [5.74, 6) is -0.358. The van der Waals surface area contributed by atoms with Crippen molar-refractivity contribution >= 4 is 11.9 Å². The maximum absolute atomic E-state index is 12.0. The van der Waals surface area contributed by atoms with Gasteiger partial charge in [0.15, 0.2) is 0 Å². The smallest absolute Gasteiger partial charge is 0.307 e. The second-order valence-corrected chi connectivity index (χ2v) is 4.46. The molecule has 0 aliphatic heterocycles. The highest BCUT2D eigenvalue weighted by atomic mass is 16.5. The van der Waals surface area contributed by atoms with Crippen LogP contribution in [0.3, 0.4) is 0 Å². The van der Waals surface area contributed by atoms with Crippen LogP contribution in [0.15, 0.2) is 6.07 Å². The summed E-state index contributed by atoms with van der Waals surface area (Å²) in [5, 5.41) is 4.23. The highest BCUT2D eigenvalue weighted by Crippen LogP contribution is 2.02. The predicted octanol–water partition coefficient (Wildman–Crippen LogP) is 0.912. The van der Waals surface area contributed by atoms with Gasteiger partial charge in [-0.15, -0.1) is 0 Å². The normalized spacial score (nSPS) is 10.3. The fourth-order valence-corrected chi connectivity index (χ4v) is 1.70. The second kappa shape index (κ2) is 6.92. The standard InChI is InChI=1S/C13H21N3O3/c1-5-19-13(18)6-7-15(4)12(17)9-16-11(3)8-10(2)14-16/h8H,5-7,9H2,1-4H3. The van der Waals surface area contributed by atoms with Gasteiger partial charge in [-0.2, -0.15) is 5.10 Å². The van der Waals surface area contributed by atoms with Crippen LogP contribution in [0.1, 0.15) is 24.7 Å². The lowest BCUT2D eigenvalue weighted by Gasteiger charge is -2.17. The first-order valence-electron chi connectivity index (χ1n) is 6.34. The Morgan fingerprint density at radius 1 is 1.42 bits per heavy atom. The number of likely N-dealkylation sites (N-methyl/N-ethyl adjacent to an activating group) is 1. The van der Waals surface area contributed by atoms with Gasteiger partial charge in [0.2, 0.25) is 5.91 Å². The Morgan fingerprint density at radius 2 is 2.11 bits per heavy atom. The Balaban J connectivity index is 2.45. The molecule has 0 unspecified atom stereocenters. The van der Waals surface area contributed by atoms with Crippen molar-refractivity contribution in [3.63, 3.8) is 0 Å². The molecule has 1 rings (SSSR count). The number of rotatable bonds is 6. The summed E-state index contributed by atoms with van der Waals surface area (Å²) in [6.45, 7) is 6.47. The van der Waals surface area contributed by atoms with Crippen LogP contribution < -0.4 is 0 Å². The third-order valence-electron chi connectivity index (χ3n) is 2.77. The summed E-state index contributed by atoms with van der Waals surface area (Å²) in [6, 6.07) is 1.92. The van der Waals surface area contributed by atoms with Gasteiger partial charge in [-0.3, -0.25) is 14.3 Å². The lowest BCUT2D eigenvalue weighted by molar-refractivity contribution is -0.143. The molecule has 0 spiro atoms. The van der Waals surface area contributed by atoms with E-state index in [9.17, 15) is 9.59 Å². The molecule has 1 heterocycles. The third kappa shape index (κ3) is 4.73. The predicted molar refractivity (Wildman–Crippen MR) is 70.6 cm³/mol. The van der Waals surface area contributed by atoms with Gasteiger partial charge in [0.25, 0.3) is 0 Å². The van der Waals surface area contributed by atoms with Crippen molar-refractivity contribution in [2.45, 2.75) is 33.7 Å². The van der Waals surface area contributed by atoms with Crippen molar-refractivity contribution in [3.05, 3.63) is 17.5 Å². The molecule has 0 aromatic carbocycles. The number of aryl methyl sites for hydroxylation is 2. The lowest BCUT2D eigenvalue weighted by Crippen LogP contribution is -2.32. The van der Waals surface area contributed by atoms with Crippen LogP contribution in [0.5, 0.6) is 0 Å². The zero-order valence-electron chi connectivity index (χ0n) is 12.0. The molecule has 0 fully saturated rings. The van der Waals surface area contributed by atoms with Gasteiger partial charge in [0, 0.05) is 19.3 Å². The maximum atomic E-state index is 12.0. The average Bonchev–Trinajstić information content (AvgIpc) is 2.65. The number of esters is 1. The number of carbonyl (C=O) groups excluding carboxylic acids is 2. The topological polar surface area (TPSA) is 64.4 Å². The third-order valence-corrected chi connectivity index (χ3v) is 2.77. The zero-order chi connectivity index (χ0) is 14.4. The first kappa shape index (κ1) is 15.2. The fraction of sp³-hybridized carbons (Fsp3) is 0.615. The largest absolute Gasteiger partial charge is 0.466 e.